The van der Waals surface area contributed by atoms with Gasteiger partial charge in [0.15, 0.2) is 0 Å². The summed E-state index contributed by atoms with van der Waals surface area (Å²) in [6.07, 6.45) is 3.99. The third-order valence-corrected chi connectivity index (χ3v) is 3.97. The molecule has 0 aliphatic heterocycles. The topological polar surface area (TPSA) is 61.8 Å². The Morgan fingerprint density at radius 1 is 1.21 bits per heavy atom. The largest absolute Gasteiger partial charge is 0.316 e. The maximum absolute atomic E-state index is 11.9. The molecule has 0 fully saturated rings. The molecule has 0 aliphatic carbocycles. The van der Waals surface area contributed by atoms with Gasteiger partial charge in [-0.2, -0.15) is 5.10 Å². The molecule has 0 saturated carbocycles. The summed E-state index contributed by atoms with van der Waals surface area (Å²) in [4.78, 5) is 23.5. The molecule has 7 heteroatoms. The molecule has 102 valence electrons. The van der Waals surface area contributed by atoms with E-state index < -0.39 is 11.1 Å². The third kappa shape index (κ3) is 2.42. The van der Waals surface area contributed by atoms with Crippen LogP contribution in [0.3, 0.4) is 0 Å². The monoisotopic (exact) mass is 326 g/mol. The molecule has 0 saturated heterocycles. The van der Waals surface area contributed by atoms with E-state index in [0.29, 0.717) is 6.54 Å². The van der Waals surface area contributed by atoms with Crippen LogP contribution in [0.2, 0.25) is 0 Å². The smallest absolute Gasteiger partial charge is 0.312 e. The molecule has 0 bridgehead atoms. The Labute approximate surface area is 118 Å². The van der Waals surface area contributed by atoms with Crippen molar-refractivity contribution < 1.29 is 0 Å². The van der Waals surface area contributed by atoms with E-state index in [2.05, 4.69) is 21.0 Å². The molecular formula is C12H15BrN4O2. The highest BCUT2D eigenvalue weighted by Gasteiger charge is 2.14. The summed E-state index contributed by atoms with van der Waals surface area (Å²) >= 11 is 3.50. The molecule has 0 N–H and O–H groups in total. The van der Waals surface area contributed by atoms with E-state index in [1.807, 2.05) is 14.0 Å². The zero-order valence-electron chi connectivity index (χ0n) is 11.1. The van der Waals surface area contributed by atoms with Crippen LogP contribution in [0.5, 0.6) is 0 Å². The second-order valence-electron chi connectivity index (χ2n) is 4.33. The van der Waals surface area contributed by atoms with Crippen molar-refractivity contribution in [3.8, 4) is 0 Å². The van der Waals surface area contributed by atoms with Crippen molar-refractivity contribution >= 4 is 15.9 Å². The van der Waals surface area contributed by atoms with Crippen molar-refractivity contribution in [1.82, 2.24) is 18.9 Å². The molecule has 2 heterocycles. The van der Waals surface area contributed by atoms with Gasteiger partial charge in [-0.15, -0.1) is 0 Å². The van der Waals surface area contributed by atoms with Crippen molar-refractivity contribution in [3.05, 3.63) is 49.0 Å². The molecule has 2 aromatic rings. The number of hydrogen-bond donors (Lipinski definition) is 0. The molecule has 0 unspecified atom stereocenters. The predicted molar refractivity (Wildman–Crippen MR) is 75.3 cm³/mol. The fraction of sp³-hybridized carbons (Fsp3) is 0.417. The summed E-state index contributed by atoms with van der Waals surface area (Å²) in [6, 6.07) is 0. The number of aromatic nitrogens is 4. The second kappa shape index (κ2) is 5.16. The molecule has 19 heavy (non-hydrogen) atoms. The van der Waals surface area contributed by atoms with E-state index in [0.717, 1.165) is 22.3 Å². The van der Waals surface area contributed by atoms with Crippen LogP contribution in [0.1, 0.15) is 18.3 Å². The average molecular weight is 327 g/mol. The minimum absolute atomic E-state index is 0.318. The maximum Gasteiger partial charge on any atom is 0.316 e. The minimum Gasteiger partial charge on any atom is -0.312 e. The fourth-order valence-electron chi connectivity index (χ4n) is 1.87. The summed E-state index contributed by atoms with van der Waals surface area (Å²) in [5, 5.41) is 4.37. The summed E-state index contributed by atoms with van der Waals surface area (Å²) in [6.45, 7) is 2.33. The number of nitrogens with zero attached hydrogens (tertiary/aromatic N) is 4. The molecule has 0 spiro atoms. The second-order valence-corrected chi connectivity index (χ2v) is 5.12. The normalized spacial score (nSPS) is 10.9. The predicted octanol–water partition coefficient (Wildman–Crippen LogP) is 0.654. The van der Waals surface area contributed by atoms with Crippen molar-refractivity contribution in [2.45, 2.75) is 19.9 Å². The Kier molecular flexibility index (Phi) is 3.75. The van der Waals surface area contributed by atoms with Gasteiger partial charge in [-0.25, -0.2) is 0 Å². The van der Waals surface area contributed by atoms with Gasteiger partial charge in [0.25, 0.3) is 0 Å². The van der Waals surface area contributed by atoms with Crippen LogP contribution in [0, 0.1) is 0 Å². The molecular weight excluding hydrogens is 312 g/mol. The van der Waals surface area contributed by atoms with Crippen molar-refractivity contribution in [1.29, 1.82) is 0 Å². The number of hydrogen-bond acceptors (Lipinski definition) is 3. The van der Waals surface area contributed by atoms with E-state index in [1.165, 1.54) is 9.13 Å². The van der Waals surface area contributed by atoms with Gasteiger partial charge in [-0.3, -0.25) is 14.3 Å². The summed E-state index contributed by atoms with van der Waals surface area (Å²) < 4.78 is 5.29. The molecule has 0 atom stereocenters. The van der Waals surface area contributed by atoms with E-state index in [4.69, 9.17) is 0 Å². The zero-order chi connectivity index (χ0) is 14.2. The lowest BCUT2D eigenvalue weighted by Crippen LogP contribution is -2.39. The van der Waals surface area contributed by atoms with Gasteiger partial charge in [0.2, 0.25) is 0 Å². The number of aryl methyl sites for hydroxylation is 3. The van der Waals surface area contributed by atoms with Crippen molar-refractivity contribution in [3.63, 3.8) is 0 Å². The lowest BCUT2D eigenvalue weighted by Gasteiger charge is -2.07. The maximum atomic E-state index is 11.9. The first-order valence-corrected chi connectivity index (χ1v) is 6.71. The van der Waals surface area contributed by atoms with Crippen LogP contribution in [-0.4, -0.2) is 18.9 Å². The van der Waals surface area contributed by atoms with Gasteiger partial charge < -0.3 is 9.13 Å². The quantitative estimate of drug-likeness (QED) is 0.778. The molecule has 2 aromatic heterocycles. The molecule has 0 aliphatic rings. The Hall–Kier alpha value is -1.63. The van der Waals surface area contributed by atoms with Gasteiger partial charge in [-0.1, -0.05) is 6.92 Å². The SMILES string of the molecule is CCc1nn(C)c(Cn2ccn(C)c(=O)c2=O)c1Br. The van der Waals surface area contributed by atoms with Gasteiger partial charge in [0.1, 0.15) is 0 Å². The first-order chi connectivity index (χ1) is 8.95. The highest BCUT2D eigenvalue weighted by molar-refractivity contribution is 9.10. The van der Waals surface area contributed by atoms with Crippen LogP contribution in [0.4, 0.5) is 0 Å². The van der Waals surface area contributed by atoms with E-state index >= 15 is 0 Å². The van der Waals surface area contributed by atoms with Crippen LogP contribution in [0.15, 0.2) is 26.5 Å². The molecule has 2 rings (SSSR count). The van der Waals surface area contributed by atoms with E-state index in [1.54, 1.807) is 24.1 Å². The summed E-state index contributed by atoms with van der Waals surface area (Å²) in [7, 11) is 3.38. The highest BCUT2D eigenvalue weighted by Crippen LogP contribution is 2.21. The lowest BCUT2D eigenvalue weighted by molar-refractivity contribution is 0.630. The van der Waals surface area contributed by atoms with Gasteiger partial charge >= 0.3 is 11.1 Å². The standard InChI is InChI=1S/C12H15BrN4O2/c1-4-8-10(13)9(16(3)14-8)7-17-6-5-15(2)11(18)12(17)19/h5-6H,4,7H2,1-3H3. The van der Waals surface area contributed by atoms with E-state index in [-0.39, 0.29) is 0 Å². The highest BCUT2D eigenvalue weighted by atomic mass is 79.9. The fourth-order valence-corrected chi connectivity index (χ4v) is 2.61. The first-order valence-electron chi connectivity index (χ1n) is 5.92. The first kappa shape index (κ1) is 13.8. The molecule has 6 nitrogen and oxygen atoms in total. The number of halogens is 1. The van der Waals surface area contributed by atoms with Crippen LogP contribution >= 0.6 is 15.9 Å². The van der Waals surface area contributed by atoms with Crippen LogP contribution in [0.25, 0.3) is 0 Å². The lowest BCUT2D eigenvalue weighted by atomic mass is 10.3. The molecule has 0 amide bonds. The molecule has 0 aromatic carbocycles. The summed E-state index contributed by atoms with van der Waals surface area (Å²) in [5.74, 6) is 0. The van der Waals surface area contributed by atoms with Crippen molar-refractivity contribution in [2.75, 3.05) is 0 Å². The Bertz CT molecular complexity index is 726. The van der Waals surface area contributed by atoms with E-state index in [9.17, 15) is 9.59 Å². The number of rotatable bonds is 3. The minimum atomic E-state index is -0.531. The van der Waals surface area contributed by atoms with Crippen LogP contribution in [-0.2, 0) is 27.1 Å². The Morgan fingerprint density at radius 3 is 2.47 bits per heavy atom. The van der Waals surface area contributed by atoms with Gasteiger partial charge in [0.05, 0.1) is 22.4 Å². The Morgan fingerprint density at radius 2 is 1.89 bits per heavy atom. The van der Waals surface area contributed by atoms with Gasteiger partial charge in [0, 0.05) is 26.5 Å². The zero-order valence-corrected chi connectivity index (χ0v) is 12.6. The summed E-state index contributed by atoms with van der Waals surface area (Å²) in [5.41, 5.74) is 0.745. The Balaban J connectivity index is 2.48. The van der Waals surface area contributed by atoms with Crippen molar-refractivity contribution in [2.24, 2.45) is 14.1 Å². The van der Waals surface area contributed by atoms with Gasteiger partial charge in [-0.05, 0) is 22.4 Å². The third-order valence-electron chi connectivity index (χ3n) is 3.06. The average Bonchev–Trinajstić information content (AvgIpc) is 2.66. The molecule has 0 radical (unpaired) electrons. The van der Waals surface area contributed by atoms with Crippen LogP contribution < -0.4 is 11.1 Å².